The third kappa shape index (κ3) is 5.43. The zero-order valence-electron chi connectivity index (χ0n) is 23.1. The molecule has 0 bridgehead atoms. The van der Waals surface area contributed by atoms with Crippen LogP contribution in [0.25, 0.3) is 22.8 Å². The fourth-order valence-electron chi connectivity index (χ4n) is 4.45. The monoisotopic (exact) mass is 522 g/mol. The van der Waals surface area contributed by atoms with Crippen LogP contribution in [-0.4, -0.2) is 26.6 Å². The Morgan fingerprint density at radius 2 is 0.800 bits per heavy atom. The van der Waals surface area contributed by atoms with Crippen molar-refractivity contribution in [3.05, 3.63) is 136 Å². The molecule has 6 rings (SSSR count). The first-order valence-corrected chi connectivity index (χ1v) is 13.4. The summed E-state index contributed by atoms with van der Waals surface area (Å²) in [5, 5.41) is 3.44. The van der Waals surface area contributed by atoms with E-state index in [1.165, 1.54) is 22.3 Å². The smallest absolute Gasteiger partial charge is 0.199 e. The van der Waals surface area contributed by atoms with Crippen LogP contribution in [-0.2, 0) is 0 Å². The van der Waals surface area contributed by atoms with Crippen molar-refractivity contribution in [1.82, 2.24) is 20.3 Å². The number of rotatable bonds is 5. The number of nitrogens with zero attached hydrogens (tertiary/aromatic N) is 5. The van der Waals surface area contributed by atoms with Crippen molar-refractivity contribution in [3.63, 3.8) is 0 Å². The number of benzene rings is 4. The molecule has 0 radical (unpaired) electrons. The summed E-state index contributed by atoms with van der Waals surface area (Å²) in [4.78, 5) is 24.7. The molecule has 0 aliphatic carbocycles. The topological polar surface area (TPSA) is 75.4 Å². The molecule has 0 saturated heterocycles. The fraction of sp³-hybridized carbons (Fsp3) is 0.147. The van der Waals surface area contributed by atoms with E-state index in [1.807, 2.05) is 24.3 Å². The second-order valence-electron chi connectivity index (χ2n) is 10.3. The van der Waals surface area contributed by atoms with Gasteiger partial charge < -0.3 is 5.32 Å². The van der Waals surface area contributed by atoms with Crippen molar-refractivity contribution < 1.29 is 0 Å². The predicted octanol–water partition coefficient (Wildman–Crippen LogP) is 6.93. The maximum Gasteiger partial charge on any atom is 0.199 e. The van der Waals surface area contributed by atoms with Gasteiger partial charge in [0.25, 0.3) is 0 Å². The van der Waals surface area contributed by atoms with Crippen molar-refractivity contribution in [3.8, 4) is 22.8 Å². The number of hydrogen-bond acceptors (Lipinski definition) is 6. The first-order chi connectivity index (χ1) is 19.4. The van der Waals surface area contributed by atoms with Gasteiger partial charge >= 0.3 is 0 Å². The third-order valence-electron chi connectivity index (χ3n) is 6.91. The Morgan fingerprint density at radius 1 is 0.425 bits per heavy atom. The lowest BCUT2D eigenvalue weighted by atomic mass is 10.1. The summed E-state index contributed by atoms with van der Waals surface area (Å²) in [7, 11) is 0. The zero-order valence-corrected chi connectivity index (χ0v) is 23.1. The lowest BCUT2D eigenvalue weighted by molar-refractivity contribution is 0.752. The number of aliphatic imine (C=N–C) groups is 2. The number of nitrogens with one attached hydrogen (secondary N) is 1. The lowest BCUT2D eigenvalue weighted by Gasteiger charge is -2.22. The third-order valence-corrected chi connectivity index (χ3v) is 6.91. The van der Waals surface area contributed by atoms with Gasteiger partial charge in [-0.15, -0.1) is 0 Å². The molecule has 1 aliphatic rings. The molecule has 1 aromatic heterocycles. The quantitative estimate of drug-likeness (QED) is 0.271. The van der Waals surface area contributed by atoms with E-state index in [0.29, 0.717) is 23.3 Å². The molecule has 6 heteroatoms. The minimum atomic E-state index is -0.435. The van der Waals surface area contributed by atoms with Crippen molar-refractivity contribution in [2.75, 3.05) is 0 Å². The molecule has 6 nitrogen and oxygen atoms in total. The summed E-state index contributed by atoms with van der Waals surface area (Å²) in [6.07, 6.45) is -0.435. The van der Waals surface area contributed by atoms with E-state index in [-0.39, 0.29) is 0 Å². The van der Waals surface area contributed by atoms with Crippen LogP contribution in [0.3, 0.4) is 0 Å². The molecule has 1 aliphatic heterocycles. The Labute approximate surface area is 234 Å². The molecule has 0 saturated carbocycles. The van der Waals surface area contributed by atoms with E-state index in [0.717, 1.165) is 28.1 Å². The van der Waals surface area contributed by atoms with Crippen LogP contribution in [0.15, 0.2) is 107 Å². The Balaban J connectivity index is 1.50. The highest BCUT2D eigenvalue weighted by Gasteiger charge is 2.24. The Kier molecular flexibility index (Phi) is 6.74. The molecule has 1 unspecified atom stereocenters. The molecule has 4 aromatic carbocycles. The zero-order chi connectivity index (χ0) is 27.6. The minimum Gasteiger partial charge on any atom is -0.322 e. The molecule has 40 heavy (non-hydrogen) atoms. The predicted molar refractivity (Wildman–Crippen MR) is 161 cm³/mol. The molecule has 0 spiro atoms. The largest absolute Gasteiger partial charge is 0.322 e. The molecular formula is C34H30N6. The molecule has 0 amide bonds. The van der Waals surface area contributed by atoms with Crippen LogP contribution in [0.2, 0.25) is 0 Å². The standard InChI is InChI=1S/C34H30N6/c1-21-5-13-25(14-6-21)29-35-30(26-15-7-22(2)8-16-26)38-33(37-29)34-39-31(27-17-9-23(3)10-18-27)36-32(40-34)28-19-11-24(4)12-20-28/h5-20,29H,1-4H3,(H,35,37,38). The average Bonchev–Trinajstić information content (AvgIpc) is 2.98. The van der Waals surface area contributed by atoms with Crippen LogP contribution in [0.4, 0.5) is 0 Å². The average molecular weight is 523 g/mol. The normalized spacial score (nSPS) is 14.8. The van der Waals surface area contributed by atoms with Crippen LogP contribution in [0.5, 0.6) is 0 Å². The van der Waals surface area contributed by atoms with Crippen molar-refractivity contribution in [1.29, 1.82) is 0 Å². The Bertz CT molecular complexity index is 1650. The summed E-state index contributed by atoms with van der Waals surface area (Å²) in [6, 6.07) is 33.0. The highest BCUT2D eigenvalue weighted by Crippen LogP contribution is 2.26. The second-order valence-corrected chi connectivity index (χ2v) is 10.3. The van der Waals surface area contributed by atoms with E-state index in [9.17, 15) is 0 Å². The van der Waals surface area contributed by atoms with Crippen molar-refractivity contribution in [2.45, 2.75) is 33.9 Å². The van der Waals surface area contributed by atoms with Crippen LogP contribution >= 0.6 is 0 Å². The van der Waals surface area contributed by atoms with Crippen molar-refractivity contribution in [2.24, 2.45) is 9.98 Å². The summed E-state index contributed by atoms with van der Waals surface area (Å²) in [5.41, 5.74) is 8.54. The van der Waals surface area contributed by atoms with Gasteiger partial charge in [0.15, 0.2) is 29.5 Å². The van der Waals surface area contributed by atoms with Gasteiger partial charge in [-0.25, -0.2) is 24.9 Å². The van der Waals surface area contributed by atoms with Gasteiger partial charge in [0.2, 0.25) is 0 Å². The maximum absolute atomic E-state index is 5.01. The Hall–Kier alpha value is -4.97. The first kappa shape index (κ1) is 25.3. The van der Waals surface area contributed by atoms with Gasteiger partial charge in [0.1, 0.15) is 5.84 Å². The first-order valence-electron chi connectivity index (χ1n) is 13.4. The fourth-order valence-corrected chi connectivity index (χ4v) is 4.45. The number of hydrogen-bond donors (Lipinski definition) is 1. The van der Waals surface area contributed by atoms with Gasteiger partial charge in [0, 0.05) is 16.7 Å². The van der Waals surface area contributed by atoms with Gasteiger partial charge in [-0.2, -0.15) is 0 Å². The maximum atomic E-state index is 5.01. The van der Waals surface area contributed by atoms with Gasteiger partial charge in [-0.05, 0) is 33.3 Å². The molecule has 196 valence electrons. The number of aryl methyl sites for hydroxylation is 4. The highest BCUT2D eigenvalue weighted by molar-refractivity contribution is 6.14. The highest BCUT2D eigenvalue weighted by atomic mass is 15.2. The van der Waals surface area contributed by atoms with E-state index in [2.05, 4.69) is 106 Å². The van der Waals surface area contributed by atoms with Crippen LogP contribution in [0.1, 0.15) is 45.4 Å². The molecule has 0 fully saturated rings. The Morgan fingerprint density at radius 3 is 1.27 bits per heavy atom. The molecule has 5 aromatic rings. The SMILES string of the molecule is Cc1ccc(C2=NC(c3ccc(C)cc3)N=C(c3nc(-c4ccc(C)cc4)nc(-c4ccc(C)cc4)n3)N2)cc1. The number of aromatic nitrogens is 3. The van der Waals surface area contributed by atoms with E-state index < -0.39 is 6.17 Å². The van der Waals surface area contributed by atoms with Crippen molar-refractivity contribution >= 4 is 11.7 Å². The molecule has 1 atom stereocenters. The summed E-state index contributed by atoms with van der Waals surface area (Å²) < 4.78 is 0. The molecule has 1 N–H and O–H groups in total. The molecule has 2 heterocycles. The van der Waals surface area contributed by atoms with Gasteiger partial charge in [-0.3, -0.25) is 0 Å². The summed E-state index contributed by atoms with van der Waals surface area (Å²) in [6.45, 7) is 8.29. The summed E-state index contributed by atoms with van der Waals surface area (Å²) >= 11 is 0. The van der Waals surface area contributed by atoms with E-state index in [1.54, 1.807) is 0 Å². The summed E-state index contributed by atoms with van der Waals surface area (Å²) in [5.74, 6) is 2.94. The van der Waals surface area contributed by atoms with Crippen LogP contribution < -0.4 is 5.32 Å². The lowest BCUT2D eigenvalue weighted by Crippen LogP contribution is -2.37. The number of amidine groups is 2. The molecular weight excluding hydrogens is 492 g/mol. The second kappa shape index (κ2) is 10.7. The van der Waals surface area contributed by atoms with E-state index in [4.69, 9.17) is 24.9 Å². The van der Waals surface area contributed by atoms with Crippen LogP contribution in [0, 0.1) is 27.7 Å². The van der Waals surface area contributed by atoms with E-state index >= 15 is 0 Å². The minimum absolute atomic E-state index is 0.435. The van der Waals surface area contributed by atoms with Gasteiger partial charge in [0.05, 0.1) is 0 Å². The van der Waals surface area contributed by atoms with Gasteiger partial charge in [-0.1, -0.05) is 119 Å².